The topological polar surface area (TPSA) is 93.7 Å². The molecule has 2 rings (SSSR count). The zero-order valence-electron chi connectivity index (χ0n) is 16.9. The Bertz CT molecular complexity index is 997. The van der Waals surface area contributed by atoms with E-state index in [1.165, 1.54) is 43.5 Å². The normalized spacial score (nSPS) is 11.5. The molecule has 30 heavy (non-hydrogen) atoms. The maximum Gasteiger partial charge on any atom is 0.257 e. The van der Waals surface area contributed by atoms with Crippen LogP contribution in [0.4, 0.5) is 5.69 Å². The van der Waals surface area contributed by atoms with Gasteiger partial charge in [0.15, 0.2) is 0 Å². The number of carbonyl (C=O) groups is 1. The number of methoxy groups -OCH3 is 1. The molecule has 2 aromatic carbocycles. The molecule has 0 atom stereocenters. The first kappa shape index (κ1) is 24.4. The third-order valence-electron chi connectivity index (χ3n) is 3.97. The van der Waals surface area contributed by atoms with Gasteiger partial charge in [0.05, 0.1) is 34.4 Å². The fraction of sp³-hybridized carbons (Fsp3) is 0.350. The van der Waals surface area contributed by atoms with Crippen molar-refractivity contribution in [2.24, 2.45) is 0 Å². The molecule has 0 saturated carbocycles. The van der Waals surface area contributed by atoms with Gasteiger partial charge in [-0.2, -0.15) is 0 Å². The number of anilines is 1. The molecule has 0 saturated heterocycles. The smallest absolute Gasteiger partial charge is 0.257 e. The Balaban J connectivity index is 2.16. The minimum absolute atomic E-state index is 0.00872. The quantitative estimate of drug-likeness (QED) is 0.499. The Morgan fingerprint density at radius 3 is 2.50 bits per heavy atom. The molecular formula is C20H24Cl2N2O5S. The number of ether oxygens (including phenoxy) is 2. The summed E-state index contributed by atoms with van der Waals surface area (Å²) >= 11 is 11.9. The molecule has 0 aliphatic heterocycles. The number of amides is 1. The molecule has 0 fully saturated rings. The van der Waals surface area contributed by atoms with Crippen molar-refractivity contribution in [2.45, 2.75) is 31.3 Å². The first-order chi connectivity index (χ1) is 14.1. The zero-order valence-corrected chi connectivity index (χ0v) is 19.2. The Hall–Kier alpha value is -1.84. The van der Waals surface area contributed by atoms with Crippen LogP contribution in [-0.2, 0) is 14.8 Å². The molecule has 0 unspecified atom stereocenters. The van der Waals surface area contributed by atoms with E-state index in [0.29, 0.717) is 23.8 Å². The molecule has 0 aliphatic rings. The van der Waals surface area contributed by atoms with Crippen LogP contribution in [0.5, 0.6) is 5.75 Å². The summed E-state index contributed by atoms with van der Waals surface area (Å²) in [6.45, 7) is 4.50. The van der Waals surface area contributed by atoms with Crippen LogP contribution in [0.1, 0.15) is 30.6 Å². The highest BCUT2D eigenvalue weighted by Crippen LogP contribution is 2.29. The molecule has 0 bridgehead atoms. The van der Waals surface area contributed by atoms with Gasteiger partial charge >= 0.3 is 0 Å². The van der Waals surface area contributed by atoms with E-state index in [1.807, 2.05) is 13.8 Å². The molecule has 164 valence electrons. The highest BCUT2D eigenvalue weighted by Gasteiger charge is 2.19. The van der Waals surface area contributed by atoms with E-state index in [2.05, 4.69) is 10.0 Å². The lowest BCUT2D eigenvalue weighted by Gasteiger charge is -2.14. The minimum Gasteiger partial charge on any atom is -0.495 e. The van der Waals surface area contributed by atoms with Crippen LogP contribution in [0.25, 0.3) is 0 Å². The van der Waals surface area contributed by atoms with E-state index in [9.17, 15) is 13.2 Å². The monoisotopic (exact) mass is 474 g/mol. The van der Waals surface area contributed by atoms with Crippen LogP contribution in [0.15, 0.2) is 41.3 Å². The van der Waals surface area contributed by atoms with E-state index >= 15 is 0 Å². The fourth-order valence-electron chi connectivity index (χ4n) is 2.50. The van der Waals surface area contributed by atoms with Crippen LogP contribution in [0, 0.1) is 0 Å². The lowest BCUT2D eigenvalue weighted by Crippen LogP contribution is -2.26. The van der Waals surface area contributed by atoms with Gasteiger partial charge < -0.3 is 14.8 Å². The summed E-state index contributed by atoms with van der Waals surface area (Å²) in [5, 5.41) is 3.21. The van der Waals surface area contributed by atoms with Gasteiger partial charge in [-0.15, -0.1) is 0 Å². The molecule has 10 heteroatoms. The van der Waals surface area contributed by atoms with Crippen LogP contribution in [0.3, 0.4) is 0 Å². The number of benzene rings is 2. The van der Waals surface area contributed by atoms with Gasteiger partial charge in [0.2, 0.25) is 10.0 Å². The van der Waals surface area contributed by atoms with E-state index in [4.69, 9.17) is 32.7 Å². The van der Waals surface area contributed by atoms with Crippen molar-refractivity contribution in [1.29, 1.82) is 0 Å². The molecule has 0 heterocycles. The first-order valence-corrected chi connectivity index (χ1v) is 11.4. The van der Waals surface area contributed by atoms with Gasteiger partial charge in [0.1, 0.15) is 5.75 Å². The number of sulfonamides is 1. The zero-order chi connectivity index (χ0) is 22.3. The summed E-state index contributed by atoms with van der Waals surface area (Å²) in [6.07, 6.45) is 0.621. The lowest BCUT2D eigenvalue weighted by atomic mass is 10.2. The molecule has 0 aromatic heterocycles. The first-order valence-electron chi connectivity index (χ1n) is 9.19. The number of halogens is 2. The Morgan fingerprint density at radius 2 is 1.87 bits per heavy atom. The third kappa shape index (κ3) is 6.85. The third-order valence-corrected chi connectivity index (χ3v) is 5.98. The fourth-order valence-corrected chi connectivity index (χ4v) is 4.09. The second-order valence-corrected chi connectivity index (χ2v) is 9.22. The molecule has 0 aliphatic carbocycles. The summed E-state index contributed by atoms with van der Waals surface area (Å²) < 4.78 is 38.3. The molecule has 2 aromatic rings. The minimum atomic E-state index is -3.78. The maximum atomic E-state index is 12.6. The Labute approximate surface area is 186 Å². The molecule has 0 radical (unpaired) electrons. The molecule has 7 nitrogen and oxygen atoms in total. The van der Waals surface area contributed by atoms with Gasteiger partial charge in [-0.3, -0.25) is 4.79 Å². The van der Waals surface area contributed by atoms with E-state index in [1.54, 1.807) is 0 Å². The molecular weight excluding hydrogens is 451 g/mol. The molecule has 1 amide bonds. The highest BCUT2D eigenvalue weighted by molar-refractivity contribution is 7.89. The van der Waals surface area contributed by atoms with Crippen molar-refractivity contribution in [3.05, 3.63) is 52.0 Å². The van der Waals surface area contributed by atoms with Crippen molar-refractivity contribution < 1.29 is 22.7 Å². The van der Waals surface area contributed by atoms with Crippen LogP contribution in [0.2, 0.25) is 10.0 Å². The SMILES string of the molecule is COc1ccc(S(=O)(=O)NCCCOC(C)C)cc1NC(=O)c1ccc(Cl)cc1Cl. The summed E-state index contributed by atoms with van der Waals surface area (Å²) in [7, 11) is -2.36. The number of rotatable bonds is 10. The Morgan fingerprint density at radius 1 is 1.13 bits per heavy atom. The standard InChI is InChI=1S/C20H24Cl2N2O5S/c1-13(2)29-10-4-9-23-30(26,27)15-6-8-19(28-3)18(12-15)24-20(25)16-7-5-14(21)11-17(16)22/h5-8,11-13,23H,4,9-10H2,1-3H3,(H,24,25). The summed E-state index contributed by atoms with van der Waals surface area (Å²) in [5.41, 5.74) is 0.388. The second kappa shape index (κ2) is 11.0. The van der Waals surface area contributed by atoms with Crippen molar-refractivity contribution in [3.8, 4) is 5.75 Å². The summed E-state index contributed by atoms with van der Waals surface area (Å²) in [5.74, 6) is -0.221. The maximum absolute atomic E-state index is 12.6. The van der Waals surface area contributed by atoms with Gasteiger partial charge in [-0.25, -0.2) is 13.1 Å². The van der Waals surface area contributed by atoms with Crippen molar-refractivity contribution in [1.82, 2.24) is 4.72 Å². The highest BCUT2D eigenvalue weighted by atomic mass is 35.5. The number of carbonyl (C=O) groups excluding carboxylic acids is 1. The van der Waals surface area contributed by atoms with Gasteiger partial charge in [-0.1, -0.05) is 23.2 Å². The van der Waals surface area contributed by atoms with Gasteiger partial charge in [-0.05, 0) is 56.7 Å². The van der Waals surface area contributed by atoms with Crippen molar-refractivity contribution in [3.63, 3.8) is 0 Å². The largest absolute Gasteiger partial charge is 0.495 e. The van der Waals surface area contributed by atoms with Crippen molar-refractivity contribution in [2.75, 3.05) is 25.6 Å². The Kier molecular flexibility index (Phi) is 8.93. The van der Waals surface area contributed by atoms with Crippen LogP contribution >= 0.6 is 23.2 Å². The molecule has 0 spiro atoms. The van der Waals surface area contributed by atoms with E-state index in [-0.39, 0.29) is 33.8 Å². The second-order valence-electron chi connectivity index (χ2n) is 6.61. The van der Waals surface area contributed by atoms with Gasteiger partial charge in [0, 0.05) is 18.2 Å². The van der Waals surface area contributed by atoms with Crippen LogP contribution < -0.4 is 14.8 Å². The van der Waals surface area contributed by atoms with Crippen molar-refractivity contribution >= 4 is 44.8 Å². The molecule has 2 N–H and O–H groups in total. The van der Waals surface area contributed by atoms with E-state index < -0.39 is 15.9 Å². The average molecular weight is 475 g/mol. The summed E-state index contributed by atoms with van der Waals surface area (Å²) in [4.78, 5) is 12.6. The van der Waals surface area contributed by atoms with E-state index in [0.717, 1.165) is 0 Å². The number of nitrogens with one attached hydrogen (secondary N) is 2. The van der Waals surface area contributed by atoms with Gasteiger partial charge in [0.25, 0.3) is 5.91 Å². The lowest BCUT2D eigenvalue weighted by molar-refractivity contribution is 0.0778. The van der Waals surface area contributed by atoms with Crippen LogP contribution in [-0.4, -0.2) is 40.7 Å². The summed E-state index contributed by atoms with van der Waals surface area (Å²) in [6, 6.07) is 8.66. The average Bonchev–Trinajstić information content (AvgIpc) is 2.67. The predicted molar refractivity (Wildman–Crippen MR) is 118 cm³/mol. The predicted octanol–water partition coefficient (Wildman–Crippen LogP) is 4.35. The number of hydrogen-bond acceptors (Lipinski definition) is 5. The number of hydrogen-bond donors (Lipinski definition) is 2.